The fourth-order valence-corrected chi connectivity index (χ4v) is 0.657. The van der Waals surface area contributed by atoms with Gasteiger partial charge in [-0.2, -0.15) is 0 Å². The molecule has 0 saturated heterocycles. The molecule has 1 unspecified atom stereocenters. The summed E-state index contributed by atoms with van der Waals surface area (Å²) in [5.74, 6) is 1.59. The first-order valence-electron chi connectivity index (χ1n) is 4.27. The van der Waals surface area contributed by atoms with Crippen molar-refractivity contribution < 1.29 is 0 Å². The van der Waals surface area contributed by atoms with Gasteiger partial charge in [-0.15, -0.1) is 0 Å². The van der Waals surface area contributed by atoms with Gasteiger partial charge in [0.15, 0.2) is 0 Å². The zero-order chi connectivity index (χ0) is 8.15. The normalized spacial score (nSPS) is 14.6. The van der Waals surface area contributed by atoms with Crippen molar-refractivity contribution in [3.8, 4) is 0 Å². The minimum absolute atomic E-state index is 0.626. The minimum Gasteiger partial charge on any atom is -0.315 e. The van der Waals surface area contributed by atoms with Crippen LogP contribution in [0.1, 0.15) is 27.7 Å². The Morgan fingerprint density at radius 2 is 1.70 bits per heavy atom. The summed E-state index contributed by atoms with van der Waals surface area (Å²) < 4.78 is 0. The molecule has 0 aliphatic rings. The largest absolute Gasteiger partial charge is 0.315 e. The number of nitrogens with one attached hydrogen (secondary N) is 1. The van der Waals surface area contributed by atoms with Crippen molar-refractivity contribution in [1.82, 2.24) is 5.32 Å². The van der Waals surface area contributed by atoms with E-state index in [9.17, 15) is 0 Å². The highest BCUT2D eigenvalue weighted by Gasteiger charge is 2.06. The van der Waals surface area contributed by atoms with Gasteiger partial charge in [0.25, 0.3) is 0 Å². The third kappa shape index (κ3) is 4.86. The van der Waals surface area contributed by atoms with Crippen LogP contribution in [-0.4, -0.2) is 20.4 Å². The summed E-state index contributed by atoms with van der Waals surface area (Å²) in [5, 5.41) is 3.43. The third-order valence-electron chi connectivity index (χ3n) is 1.99. The van der Waals surface area contributed by atoms with Crippen molar-refractivity contribution in [3.05, 3.63) is 0 Å². The minimum atomic E-state index is 0.626. The first-order valence-corrected chi connectivity index (χ1v) is 4.27. The van der Waals surface area contributed by atoms with E-state index in [4.69, 9.17) is 0 Å². The maximum absolute atomic E-state index is 3.43. The quantitative estimate of drug-likeness (QED) is 0.577. The molecule has 0 aromatic carbocycles. The molecule has 0 radical (unpaired) electrons. The Hall–Kier alpha value is 0.0249. The van der Waals surface area contributed by atoms with Crippen molar-refractivity contribution in [2.45, 2.75) is 39.6 Å². The SMILES string of the molecule is BC(CNC(C)C)C(C)C. The van der Waals surface area contributed by atoms with Crippen LogP contribution in [0.25, 0.3) is 0 Å². The van der Waals surface area contributed by atoms with Gasteiger partial charge >= 0.3 is 0 Å². The van der Waals surface area contributed by atoms with E-state index in [1.54, 1.807) is 0 Å². The standard InChI is InChI=1S/C8H20BN/c1-6(2)8(9)5-10-7(3)4/h6-8,10H,5,9H2,1-4H3. The van der Waals surface area contributed by atoms with Gasteiger partial charge < -0.3 is 5.32 Å². The molecule has 1 nitrogen and oxygen atoms in total. The van der Waals surface area contributed by atoms with E-state index in [-0.39, 0.29) is 0 Å². The van der Waals surface area contributed by atoms with Gasteiger partial charge in [-0.3, -0.25) is 0 Å². The Labute approximate surface area is 66.0 Å². The van der Waals surface area contributed by atoms with Crippen molar-refractivity contribution in [1.29, 1.82) is 0 Å². The lowest BCUT2D eigenvalue weighted by Gasteiger charge is -2.17. The topological polar surface area (TPSA) is 12.0 Å². The fourth-order valence-electron chi connectivity index (χ4n) is 0.657. The second-order valence-electron chi connectivity index (χ2n) is 3.78. The van der Waals surface area contributed by atoms with Gasteiger partial charge in [0.2, 0.25) is 0 Å². The Bertz CT molecular complexity index is 81.3. The number of hydrogen-bond acceptors (Lipinski definition) is 1. The molecular formula is C8H20BN. The Morgan fingerprint density at radius 3 is 2.00 bits per heavy atom. The lowest BCUT2D eigenvalue weighted by molar-refractivity contribution is 0.504. The van der Waals surface area contributed by atoms with Gasteiger partial charge in [-0.25, -0.2) is 0 Å². The molecule has 0 aliphatic carbocycles. The molecule has 0 aromatic heterocycles. The van der Waals surface area contributed by atoms with E-state index < -0.39 is 0 Å². The van der Waals surface area contributed by atoms with E-state index in [2.05, 4.69) is 40.9 Å². The lowest BCUT2D eigenvalue weighted by atomic mass is 9.78. The average molecular weight is 141 g/mol. The second kappa shape index (κ2) is 4.78. The Morgan fingerprint density at radius 1 is 1.20 bits per heavy atom. The number of hydrogen-bond donors (Lipinski definition) is 1. The van der Waals surface area contributed by atoms with Crippen molar-refractivity contribution in [3.63, 3.8) is 0 Å². The predicted octanol–water partition coefficient (Wildman–Crippen LogP) is 1.06. The summed E-state index contributed by atoms with van der Waals surface area (Å²) >= 11 is 0. The van der Waals surface area contributed by atoms with E-state index >= 15 is 0 Å². The molecule has 0 saturated carbocycles. The van der Waals surface area contributed by atoms with Crippen molar-refractivity contribution in [2.24, 2.45) is 5.92 Å². The molecule has 0 aromatic rings. The zero-order valence-corrected chi connectivity index (χ0v) is 7.94. The molecule has 0 aliphatic heterocycles. The first-order chi connectivity index (χ1) is 4.54. The smallest absolute Gasteiger partial charge is 0.107 e. The predicted molar refractivity (Wildman–Crippen MR) is 50.3 cm³/mol. The molecule has 0 heterocycles. The summed E-state index contributed by atoms with van der Waals surface area (Å²) in [6, 6.07) is 0.626. The van der Waals surface area contributed by atoms with Crippen LogP contribution in [0.2, 0.25) is 5.82 Å². The molecule has 0 amide bonds. The Balaban J connectivity index is 3.30. The van der Waals surface area contributed by atoms with Gasteiger partial charge in [0.1, 0.15) is 7.85 Å². The summed E-state index contributed by atoms with van der Waals surface area (Å²) in [5.41, 5.74) is 0. The summed E-state index contributed by atoms with van der Waals surface area (Å²) in [6.07, 6.45) is 0. The fraction of sp³-hybridized carbons (Fsp3) is 1.00. The number of rotatable bonds is 4. The molecule has 1 atom stereocenters. The molecule has 0 bridgehead atoms. The second-order valence-corrected chi connectivity index (χ2v) is 3.78. The van der Waals surface area contributed by atoms with Crippen LogP contribution < -0.4 is 5.32 Å². The molecular weight excluding hydrogens is 121 g/mol. The van der Waals surface area contributed by atoms with E-state index in [1.165, 1.54) is 0 Å². The summed E-state index contributed by atoms with van der Waals surface area (Å²) in [4.78, 5) is 0. The molecule has 60 valence electrons. The zero-order valence-electron chi connectivity index (χ0n) is 7.94. The molecule has 10 heavy (non-hydrogen) atoms. The third-order valence-corrected chi connectivity index (χ3v) is 1.99. The summed E-state index contributed by atoms with van der Waals surface area (Å²) in [7, 11) is 2.29. The highest BCUT2D eigenvalue weighted by atomic mass is 14.9. The monoisotopic (exact) mass is 141 g/mol. The molecule has 2 heteroatoms. The summed E-state index contributed by atoms with van der Waals surface area (Å²) in [6.45, 7) is 10.1. The van der Waals surface area contributed by atoms with Crippen LogP contribution in [0.5, 0.6) is 0 Å². The van der Waals surface area contributed by atoms with E-state index in [0.29, 0.717) is 6.04 Å². The lowest BCUT2D eigenvalue weighted by Crippen LogP contribution is -2.28. The van der Waals surface area contributed by atoms with Crippen LogP contribution in [0.4, 0.5) is 0 Å². The van der Waals surface area contributed by atoms with Crippen LogP contribution in [0.3, 0.4) is 0 Å². The van der Waals surface area contributed by atoms with Gasteiger partial charge in [-0.1, -0.05) is 39.4 Å². The van der Waals surface area contributed by atoms with Crippen LogP contribution >= 0.6 is 0 Å². The van der Waals surface area contributed by atoms with Gasteiger partial charge in [-0.05, 0) is 6.54 Å². The maximum Gasteiger partial charge on any atom is 0.107 e. The maximum atomic E-state index is 3.43. The molecule has 0 fully saturated rings. The highest BCUT2D eigenvalue weighted by molar-refractivity contribution is 6.11. The molecule has 1 N–H and O–H groups in total. The molecule has 0 spiro atoms. The van der Waals surface area contributed by atoms with Gasteiger partial charge in [0, 0.05) is 6.04 Å². The van der Waals surface area contributed by atoms with Crippen molar-refractivity contribution in [2.75, 3.05) is 6.54 Å². The van der Waals surface area contributed by atoms with E-state index in [0.717, 1.165) is 18.3 Å². The average Bonchev–Trinajstić information content (AvgIpc) is 1.82. The van der Waals surface area contributed by atoms with Gasteiger partial charge in [0.05, 0.1) is 0 Å². The van der Waals surface area contributed by atoms with Crippen LogP contribution in [-0.2, 0) is 0 Å². The van der Waals surface area contributed by atoms with Crippen LogP contribution in [0, 0.1) is 5.92 Å². The van der Waals surface area contributed by atoms with Crippen LogP contribution in [0.15, 0.2) is 0 Å². The Kier molecular flexibility index (Phi) is 4.79. The van der Waals surface area contributed by atoms with E-state index in [1.807, 2.05) is 0 Å². The first kappa shape index (κ1) is 10.0. The highest BCUT2D eigenvalue weighted by Crippen LogP contribution is 2.10. The van der Waals surface area contributed by atoms with Crippen molar-refractivity contribution >= 4 is 7.85 Å². The molecule has 0 rings (SSSR count).